The van der Waals surface area contributed by atoms with Crippen molar-refractivity contribution in [3.63, 3.8) is 0 Å². The minimum atomic E-state index is -1.25. The van der Waals surface area contributed by atoms with Crippen LogP contribution in [0.5, 0.6) is 0 Å². The summed E-state index contributed by atoms with van der Waals surface area (Å²) in [5.41, 5.74) is 1.02. The van der Waals surface area contributed by atoms with Crippen LogP contribution in [-0.4, -0.2) is 20.4 Å². The van der Waals surface area contributed by atoms with E-state index in [1.165, 1.54) is 24.6 Å². The Balaban J connectivity index is 2.56. The second kappa shape index (κ2) is 4.89. The van der Waals surface area contributed by atoms with E-state index in [4.69, 9.17) is 11.6 Å². The standard InChI is InChI=1S/C11H8ClFN2OS/c1-17(16)9-5-7(4-8(13)6-9)10-2-3-14-11(12)15-10/h2-6H,1H3. The number of aromatic nitrogens is 2. The first-order valence-corrected chi connectivity index (χ1v) is 6.63. The van der Waals surface area contributed by atoms with Gasteiger partial charge in [0.25, 0.3) is 0 Å². The molecule has 88 valence electrons. The number of rotatable bonds is 2. The third kappa shape index (κ3) is 2.87. The number of hydrogen-bond donors (Lipinski definition) is 0. The highest BCUT2D eigenvalue weighted by Gasteiger charge is 2.07. The van der Waals surface area contributed by atoms with Crippen LogP contribution in [0.1, 0.15) is 0 Å². The summed E-state index contributed by atoms with van der Waals surface area (Å²) in [6, 6.07) is 5.79. The Morgan fingerprint density at radius 1 is 1.35 bits per heavy atom. The Morgan fingerprint density at radius 2 is 2.12 bits per heavy atom. The average Bonchev–Trinajstić information content (AvgIpc) is 2.28. The predicted octanol–water partition coefficient (Wildman–Crippen LogP) is 2.67. The van der Waals surface area contributed by atoms with Gasteiger partial charge < -0.3 is 0 Å². The summed E-state index contributed by atoms with van der Waals surface area (Å²) in [5.74, 6) is -0.456. The zero-order valence-corrected chi connectivity index (χ0v) is 10.4. The van der Waals surface area contributed by atoms with Gasteiger partial charge in [-0.15, -0.1) is 0 Å². The molecule has 1 aromatic carbocycles. The third-order valence-corrected chi connectivity index (χ3v) is 3.21. The largest absolute Gasteiger partial charge is 0.255 e. The van der Waals surface area contributed by atoms with E-state index in [-0.39, 0.29) is 5.28 Å². The van der Waals surface area contributed by atoms with E-state index < -0.39 is 16.6 Å². The van der Waals surface area contributed by atoms with Crippen molar-refractivity contribution < 1.29 is 8.60 Å². The summed E-state index contributed by atoms with van der Waals surface area (Å²) in [4.78, 5) is 8.13. The Labute approximate surface area is 105 Å². The molecule has 1 aromatic heterocycles. The molecule has 0 saturated carbocycles. The Bertz CT molecular complexity index is 591. The van der Waals surface area contributed by atoms with Gasteiger partial charge in [-0.25, -0.2) is 14.4 Å². The molecule has 3 nitrogen and oxygen atoms in total. The van der Waals surface area contributed by atoms with Crippen molar-refractivity contribution in [3.05, 3.63) is 41.6 Å². The highest BCUT2D eigenvalue weighted by molar-refractivity contribution is 7.84. The number of nitrogens with zero attached hydrogens (tertiary/aromatic N) is 2. The Hall–Kier alpha value is -1.33. The monoisotopic (exact) mass is 270 g/mol. The molecule has 0 spiro atoms. The third-order valence-electron chi connectivity index (χ3n) is 2.13. The van der Waals surface area contributed by atoms with Crippen LogP contribution in [0, 0.1) is 5.82 Å². The van der Waals surface area contributed by atoms with Crippen LogP contribution in [-0.2, 0) is 10.8 Å². The van der Waals surface area contributed by atoms with Gasteiger partial charge >= 0.3 is 0 Å². The fourth-order valence-corrected chi connectivity index (χ4v) is 2.09. The molecule has 6 heteroatoms. The van der Waals surface area contributed by atoms with Gasteiger partial charge in [-0.1, -0.05) is 0 Å². The minimum absolute atomic E-state index is 0.0888. The number of benzene rings is 1. The molecule has 1 unspecified atom stereocenters. The van der Waals surface area contributed by atoms with Crippen LogP contribution >= 0.6 is 11.6 Å². The number of hydrogen-bond acceptors (Lipinski definition) is 3. The minimum Gasteiger partial charge on any atom is -0.255 e. The topological polar surface area (TPSA) is 42.9 Å². The molecule has 2 aromatic rings. The van der Waals surface area contributed by atoms with E-state index >= 15 is 0 Å². The average molecular weight is 271 g/mol. The van der Waals surface area contributed by atoms with E-state index in [0.717, 1.165) is 0 Å². The molecule has 0 N–H and O–H groups in total. The fourth-order valence-electron chi connectivity index (χ4n) is 1.37. The molecule has 0 radical (unpaired) electrons. The first kappa shape index (κ1) is 12.1. The molecule has 0 bridgehead atoms. The SMILES string of the molecule is CS(=O)c1cc(F)cc(-c2ccnc(Cl)n2)c1. The quantitative estimate of drug-likeness (QED) is 0.788. The normalized spacial score (nSPS) is 12.4. The zero-order chi connectivity index (χ0) is 12.4. The molecule has 1 atom stereocenters. The van der Waals surface area contributed by atoms with E-state index in [0.29, 0.717) is 16.2 Å². The number of halogens is 2. The predicted molar refractivity (Wildman–Crippen MR) is 64.8 cm³/mol. The van der Waals surface area contributed by atoms with Gasteiger partial charge in [0.2, 0.25) is 5.28 Å². The maximum absolute atomic E-state index is 13.4. The van der Waals surface area contributed by atoms with E-state index in [9.17, 15) is 8.60 Å². The smallest absolute Gasteiger partial charge is 0.222 e. The van der Waals surface area contributed by atoms with Crippen molar-refractivity contribution in [2.24, 2.45) is 0 Å². The van der Waals surface area contributed by atoms with Crippen LogP contribution in [0.25, 0.3) is 11.3 Å². The molecule has 0 saturated heterocycles. The van der Waals surface area contributed by atoms with Crippen LogP contribution in [0.4, 0.5) is 4.39 Å². The van der Waals surface area contributed by atoms with Crippen LogP contribution in [0.3, 0.4) is 0 Å². The van der Waals surface area contributed by atoms with Gasteiger partial charge in [0, 0.05) is 33.7 Å². The second-order valence-corrected chi connectivity index (χ2v) is 5.06. The van der Waals surface area contributed by atoms with Gasteiger partial charge in [0.1, 0.15) is 5.82 Å². The summed E-state index contributed by atoms with van der Waals surface area (Å²) in [5, 5.41) is 0.0888. The summed E-state index contributed by atoms with van der Waals surface area (Å²) in [6.45, 7) is 0. The van der Waals surface area contributed by atoms with Crippen molar-refractivity contribution in [2.75, 3.05) is 6.26 Å². The molecule has 0 aliphatic rings. The molecule has 2 rings (SSSR count). The molecular formula is C11H8ClFN2OS. The zero-order valence-electron chi connectivity index (χ0n) is 8.85. The lowest BCUT2D eigenvalue weighted by Gasteiger charge is -2.04. The van der Waals surface area contributed by atoms with Crippen molar-refractivity contribution >= 4 is 22.4 Å². The summed E-state index contributed by atoms with van der Waals surface area (Å²) >= 11 is 5.66. The molecular weight excluding hydrogens is 263 g/mol. The van der Waals surface area contributed by atoms with Gasteiger partial charge in [-0.3, -0.25) is 4.21 Å². The second-order valence-electron chi connectivity index (χ2n) is 3.34. The van der Waals surface area contributed by atoms with Crippen LogP contribution in [0.15, 0.2) is 35.4 Å². The molecule has 0 amide bonds. The summed E-state index contributed by atoms with van der Waals surface area (Å²) < 4.78 is 24.7. The van der Waals surface area contributed by atoms with Crippen LogP contribution < -0.4 is 0 Å². The highest BCUT2D eigenvalue weighted by atomic mass is 35.5. The highest BCUT2D eigenvalue weighted by Crippen LogP contribution is 2.22. The molecule has 17 heavy (non-hydrogen) atoms. The Kier molecular flexibility index (Phi) is 3.49. The maximum atomic E-state index is 13.4. The Morgan fingerprint density at radius 3 is 2.76 bits per heavy atom. The first-order chi connectivity index (χ1) is 8.06. The van der Waals surface area contributed by atoms with Crippen LogP contribution in [0.2, 0.25) is 5.28 Å². The molecule has 0 fully saturated rings. The van der Waals surface area contributed by atoms with Gasteiger partial charge in [0.15, 0.2) is 0 Å². The van der Waals surface area contributed by atoms with Crippen molar-refractivity contribution in [1.82, 2.24) is 9.97 Å². The lowest BCUT2D eigenvalue weighted by Crippen LogP contribution is -1.92. The lowest BCUT2D eigenvalue weighted by molar-refractivity contribution is 0.623. The molecule has 1 heterocycles. The molecule has 0 aliphatic carbocycles. The maximum Gasteiger partial charge on any atom is 0.222 e. The van der Waals surface area contributed by atoms with Crippen molar-refractivity contribution in [1.29, 1.82) is 0 Å². The van der Waals surface area contributed by atoms with E-state index in [1.807, 2.05) is 0 Å². The van der Waals surface area contributed by atoms with Gasteiger partial charge in [0.05, 0.1) is 5.69 Å². The van der Waals surface area contributed by atoms with Gasteiger partial charge in [-0.05, 0) is 35.9 Å². The first-order valence-electron chi connectivity index (χ1n) is 4.69. The fraction of sp³-hybridized carbons (Fsp3) is 0.0909. The van der Waals surface area contributed by atoms with Gasteiger partial charge in [-0.2, -0.15) is 0 Å². The van der Waals surface area contributed by atoms with E-state index in [1.54, 1.807) is 12.1 Å². The lowest BCUT2D eigenvalue weighted by atomic mass is 10.1. The summed E-state index contributed by atoms with van der Waals surface area (Å²) in [7, 11) is -1.25. The summed E-state index contributed by atoms with van der Waals surface area (Å²) in [6.07, 6.45) is 2.98. The van der Waals surface area contributed by atoms with E-state index in [2.05, 4.69) is 9.97 Å². The van der Waals surface area contributed by atoms with Crippen molar-refractivity contribution in [2.45, 2.75) is 4.90 Å². The molecule has 0 aliphatic heterocycles. The van der Waals surface area contributed by atoms with Crippen molar-refractivity contribution in [3.8, 4) is 11.3 Å².